The van der Waals surface area contributed by atoms with E-state index in [4.69, 9.17) is 9.47 Å². The van der Waals surface area contributed by atoms with E-state index in [0.717, 1.165) is 12.1 Å². The highest BCUT2D eigenvalue weighted by Gasteiger charge is 2.06. The van der Waals surface area contributed by atoms with Gasteiger partial charge in [0.05, 0.1) is 13.2 Å². The predicted octanol–water partition coefficient (Wildman–Crippen LogP) is 2.02. The van der Waals surface area contributed by atoms with Gasteiger partial charge in [-0.15, -0.1) is 0 Å². The Morgan fingerprint density at radius 2 is 2.18 bits per heavy atom. The van der Waals surface area contributed by atoms with Gasteiger partial charge < -0.3 is 14.8 Å². The first-order valence-corrected chi connectivity index (χ1v) is 5.89. The summed E-state index contributed by atoms with van der Waals surface area (Å²) in [7, 11) is 1.67. The van der Waals surface area contributed by atoms with Crippen LogP contribution in [0.5, 0.6) is 5.88 Å². The summed E-state index contributed by atoms with van der Waals surface area (Å²) in [5, 5.41) is 3.17. The smallest absolute Gasteiger partial charge is 0.226 e. The molecule has 1 heterocycles. The van der Waals surface area contributed by atoms with Crippen molar-refractivity contribution in [3.63, 3.8) is 0 Å². The maximum Gasteiger partial charge on any atom is 0.226 e. The van der Waals surface area contributed by atoms with Gasteiger partial charge in [-0.3, -0.25) is 0 Å². The van der Waals surface area contributed by atoms with Gasteiger partial charge in [-0.1, -0.05) is 6.92 Å². The standard InChI is InChI=1S/C12H21N3O2/c1-5-6-17-11-7-9(2)13-12(15-11)14-10(3)8-16-4/h7,10H,5-6,8H2,1-4H3,(H,13,14,15). The van der Waals surface area contributed by atoms with Crippen molar-refractivity contribution in [1.82, 2.24) is 9.97 Å². The van der Waals surface area contributed by atoms with Gasteiger partial charge in [0.1, 0.15) is 0 Å². The number of rotatable bonds is 7. The Morgan fingerprint density at radius 1 is 1.41 bits per heavy atom. The molecule has 0 bridgehead atoms. The van der Waals surface area contributed by atoms with Gasteiger partial charge in [0.25, 0.3) is 0 Å². The third-order valence-corrected chi connectivity index (χ3v) is 2.08. The van der Waals surface area contributed by atoms with Crippen LogP contribution < -0.4 is 10.1 Å². The molecule has 0 aromatic carbocycles. The Hall–Kier alpha value is -1.36. The van der Waals surface area contributed by atoms with Gasteiger partial charge in [0, 0.05) is 24.9 Å². The molecule has 0 fully saturated rings. The number of anilines is 1. The Balaban J connectivity index is 2.67. The lowest BCUT2D eigenvalue weighted by Gasteiger charge is -2.13. The summed E-state index contributed by atoms with van der Waals surface area (Å²) in [6, 6.07) is 2.00. The number of hydrogen-bond acceptors (Lipinski definition) is 5. The van der Waals surface area contributed by atoms with Crippen molar-refractivity contribution in [2.24, 2.45) is 0 Å². The number of ether oxygens (including phenoxy) is 2. The zero-order valence-corrected chi connectivity index (χ0v) is 11.0. The molecule has 1 N–H and O–H groups in total. The minimum Gasteiger partial charge on any atom is -0.478 e. The van der Waals surface area contributed by atoms with E-state index in [1.165, 1.54) is 0 Å². The lowest BCUT2D eigenvalue weighted by atomic mass is 10.4. The van der Waals surface area contributed by atoms with Crippen LogP contribution in [-0.2, 0) is 4.74 Å². The summed E-state index contributed by atoms with van der Waals surface area (Å²) >= 11 is 0. The van der Waals surface area contributed by atoms with Crippen LogP contribution in [0.25, 0.3) is 0 Å². The van der Waals surface area contributed by atoms with Gasteiger partial charge >= 0.3 is 0 Å². The molecule has 1 atom stereocenters. The highest BCUT2D eigenvalue weighted by Crippen LogP contribution is 2.12. The van der Waals surface area contributed by atoms with Gasteiger partial charge in [-0.2, -0.15) is 4.98 Å². The number of nitrogens with one attached hydrogen (secondary N) is 1. The van der Waals surface area contributed by atoms with Crippen LogP contribution >= 0.6 is 0 Å². The van der Waals surface area contributed by atoms with E-state index < -0.39 is 0 Å². The highest BCUT2D eigenvalue weighted by molar-refractivity contribution is 5.31. The number of aryl methyl sites for hydroxylation is 1. The van der Waals surface area contributed by atoms with Crippen molar-refractivity contribution in [3.8, 4) is 5.88 Å². The van der Waals surface area contributed by atoms with Crippen LogP contribution in [0.1, 0.15) is 26.0 Å². The molecule has 0 radical (unpaired) electrons. The second-order valence-corrected chi connectivity index (χ2v) is 4.02. The van der Waals surface area contributed by atoms with Crippen molar-refractivity contribution in [2.45, 2.75) is 33.2 Å². The number of nitrogens with zero attached hydrogens (tertiary/aromatic N) is 2. The fourth-order valence-electron chi connectivity index (χ4n) is 1.40. The molecule has 1 rings (SSSR count). The lowest BCUT2D eigenvalue weighted by Crippen LogP contribution is -2.22. The molecule has 1 aromatic heterocycles. The Morgan fingerprint density at radius 3 is 2.82 bits per heavy atom. The quantitative estimate of drug-likeness (QED) is 0.789. The van der Waals surface area contributed by atoms with Crippen molar-refractivity contribution in [3.05, 3.63) is 11.8 Å². The summed E-state index contributed by atoms with van der Waals surface area (Å²) < 4.78 is 10.5. The van der Waals surface area contributed by atoms with Crippen molar-refractivity contribution >= 4 is 5.95 Å². The van der Waals surface area contributed by atoms with Gasteiger partial charge in [-0.05, 0) is 20.3 Å². The first kappa shape index (κ1) is 13.7. The second-order valence-electron chi connectivity index (χ2n) is 4.02. The van der Waals surface area contributed by atoms with Crippen LogP contribution in [0.4, 0.5) is 5.95 Å². The molecule has 1 aromatic rings. The summed E-state index contributed by atoms with van der Waals surface area (Å²) in [5.41, 5.74) is 0.887. The van der Waals surface area contributed by atoms with E-state index >= 15 is 0 Å². The van der Waals surface area contributed by atoms with Crippen LogP contribution in [0.2, 0.25) is 0 Å². The molecule has 0 aliphatic rings. The monoisotopic (exact) mass is 239 g/mol. The first-order valence-electron chi connectivity index (χ1n) is 5.89. The van der Waals surface area contributed by atoms with Crippen molar-refractivity contribution < 1.29 is 9.47 Å². The van der Waals surface area contributed by atoms with E-state index in [1.807, 2.05) is 19.9 Å². The third kappa shape index (κ3) is 4.99. The van der Waals surface area contributed by atoms with Crippen molar-refractivity contribution in [2.75, 3.05) is 25.6 Å². The topological polar surface area (TPSA) is 56.3 Å². The maximum absolute atomic E-state index is 5.50. The van der Waals surface area contributed by atoms with E-state index in [9.17, 15) is 0 Å². The van der Waals surface area contributed by atoms with Crippen LogP contribution in [-0.4, -0.2) is 36.3 Å². The summed E-state index contributed by atoms with van der Waals surface area (Å²) in [4.78, 5) is 8.60. The zero-order valence-electron chi connectivity index (χ0n) is 11.0. The van der Waals surface area contributed by atoms with E-state index in [-0.39, 0.29) is 6.04 Å². The lowest BCUT2D eigenvalue weighted by molar-refractivity contribution is 0.190. The number of hydrogen-bond donors (Lipinski definition) is 1. The van der Waals surface area contributed by atoms with E-state index in [2.05, 4.69) is 22.2 Å². The van der Waals surface area contributed by atoms with Gasteiger partial charge in [0.2, 0.25) is 11.8 Å². The molecule has 0 aliphatic heterocycles. The van der Waals surface area contributed by atoms with Crippen LogP contribution in [0, 0.1) is 6.92 Å². The Labute approximate surface area is 103 Å². The fraction of sp³-hybridized carbons (Fsp3) is 0.667. The maximum atomic E-state index is 5.50. The third-order valence-electron chi connectivity index (χ3n) is 2.08. The largest absolute Gasteiger partial charge is 0.478 e. The Kier molecular flexibility index (Phi) is 5.69. The number of methoxy groups -OCH3 is 1. The summed E-state index contributed by atoms with van der Waals surface area (Å²) in [6.45, 7) is 7.29. The highest BCUT2D eigenvalue weighted by atomic mass is 16.5. The average molecular weight is 239 g/mol. The molecular weight excluding hydrogens is 218 g/mol. The molecule has 0 amide bonds. The van der Waals surface area contributed by atoms with E-state index in [0.29, 0.717) is 25.0 Å². The zero-order chi connectivity index (χ0) is 12.7. The SMILES string of the molecule is CCCOc1cc(C)nc(NC(C)COC)n1. The van der Waals surface area contributed by atoms with Crippen LogP contribution in [0.3, 0.4) is 0 Å². The molecule has 96 valence electrons. The van der Waals surface area contributed by atoms with Crippen molar-refractivity contribution in [1.29, 1.82) is 0 Å². The normalized spacial score (nSPS) is 12.2. The molecule has 0 spiro atoms. The molecule has 17 heavy (non-hydrogen) atoms. The molecule has 5 heteroatoms. The Bertz CT molecular complexity index is 345. The molecule has 0 aliphatic carbocycles. The average Bonchev–Trinajstić information content (AvgIpc) is 2.25. The molecule has 0 saturated heterocycles. The first-order chi connectivity index (χ1) is 8.15. The molecule has 0 saturated carbocycles. The number of aromatic nitrogens is 2. The molecule has 5 nitrogen and oxygen atoms in total. The minimum absolute atomic E-state index is 0.167. The summed E-state index contributed by atoms with van der Waals surface area (Å²) in [5.74, 6) is 1.20. The molecule has 1 unspecified atom stereocenters. The van der Waals surface area contributed by atoms with Gasteiger partial charge in [-0.25, -0.2) is 4.98 Å². The van der Waals surface area contributed by atoms with Crippen LogP contribution in [0.15, 0.2) is 6.07 Å². The minimum atomic E-state index is 0.167. The molecular formula is C12H21N3O2. The van der Waals surface area contributed by atoms with E-state index in [1.54, 1.807) is 7.11 Å². The second kappa shape index (κ2) is 7.06. The fourth-order valence-corrected chi connectivity index (χ4v) is 1.40. The van der Waals surface area contributed by atoms with Gasteiger partial charge in [0.15, 0.2) is 0 Å². The predicted molar refractivity (Wildman–Crippen MR) is 67.5 cm³/mol. The summed E-state index contributed by atoms with van der Waals surface area (Å²) in [6.07, 6.45) is 0.964.